The summed E-state index contributed by atoms with van der Waals surface area (Å²) in [6.07, 6.45) is 1.79. The molecule has 0 saturated carbocycles. The van der Waals surface area contributed by atoms with Crippen LogP contribution in [0.2, 0.25) is 0 Å². The van der Waals surface area contributed by atoms with E-state index in [0.29, 0.717) is 0 Å². The van der Waals surface area contributed by atoms with Crippen LogP contribution >= 0.6 is 0 Å². The van der Waals surface area contributed by atoms with E-state index >= 15 is 0 Å². The fourth-order valence-electron chi connectivity index (χ4n) is 2.47. The third-order valence-corrected chi connectivity index (χ3v) is 3.81. The zero-order valence-corrected chi connectivity index (χ0v) is 13.8. The highest BCUT2D eigenvalue weighted by Gasteiger charge is 2.33. The molecule has 136 valence electrons. The smallest absolute Gasteiger partial charge is 0.348 e. The topological polar surface area (TPSA) is 64.7 Å². The lowest BCUT2D eigenvalue weighted by atomic mass is 10.1. The molecule has 0 fully saturated rings. The number of alkyl halides is 3. The number of benzene rings is 1. The van der Waals surface area contributed by atoms with Gasteiger partial charge < -0.3 is 9.88 Å². The average Bonchev–Trinajstić information content (AvgIpc) is 3.26. The van der Waals surface area contributed by atoms with Gasteiger partial charge in [-0.2, -0.15) is 18.3 Å². The maximum atomic E-state index is 12.5. The minimum Gasteiger partial charge on any atom is -0.348 e. The SMILES string of the molecule is CC(NC(=O)Cn1ccc(C(F)(F)F)n1)c1ccc(-n2ccnc2)cc1. The number of hydrogen-bond acceptors (Lipinski definition) is 3. The molecule has 1 N–H and O–H groups in total. The number of carbonyl (C=O) groups excluding carboxylic acids is 1. The van der Waals surface area contributed by atoms with Gasteiger partial charge in [-0.15, -0.1) is 0 Å². The monoisotopic (exact) mass is 363 g/mol. The van der Waals surface area contributed by atoms with E-state index in [-0.39, 0.29) is 12.6 Å². The summed E-state index contributed by atoms with van der Waals surface area (Å²) >= 11 is 0. The first-order valence-electron chi connectivity index (χ1n) is 7.81. The van der Waals surface area contributed by atoms with E-state index in [1.165, 1.54) is 0 Å². The molecule has 0 aliphatic rings. The van der Waals surface area contributed by atoms with Gasteiger partial charge in [0.15, 0.2) is 5.69 Å². The molecule has 1 aromatic carbocycles. The molecule has 6 nitrogen and oxygen atoms in total. The van der Waals surface area contributed by atoms with Gasteiger partial charge >= 0.3 is 6.18 Å². The molecular formula is C17H16F3N5O. The quantitative estimate of drug-likeness (QED) is 0.758. The van der Waals surface area contributed by atoms with Crippen molar-refractivity contribution in [3.8, 4) is 5.69 Å². The molecule has 0 bridgehead atoms. The zero-order valence-electron chi connectivity index (χ0n) is 13.8. The van der Waals surface area contributed by atoms with Crippen molar-refractivity contribution in [3.05, 3.63) is 66.5 Å². The number of nitrogens with zero attached hydrogens (tertiary/aromatic N) is 4. The Morgan fingerprint density at radius 1 is 1.19 bits per heavy atom. The number of nitrogens with one attached hydrogen (secondary N) is 1. The van der Waals surface area contributed by atoms with Crippen LogP contribution in [0.1, 0.15) is 24.2 Å². The van der Waals surface area contributed by atoms with Crippen LogP contribution in [-0.4, -0.2) is 25.2 Å². The molecule has 3 aromatic rings. The van der Waals surface area contributed by atoms with E-state index in [1.807, 2.05) is 35.0 Å². The van der Waals surface area contributed by atoms with Gasteiger partial charge in [0.1, 0.15) is 6.54 Å². The minimum atomic E-state index is -4.52. The first-order valence-corrected chi connectivity index (χ1v) is 7.81. The molecule has 1 unspecified atom stereocenters. The molecule has 0 radical (unpaired) electrons. The molecule has 1 atom stereocenters. The van der Waals surface area contributed by atoms with Gasteiger partial charge in [-0.3, -0.25) is 9.48 Å². The van der Waals surface area contributed by atoms with Crippen molar-refractivity contribution in [3.63, 3.8) is 0 Å². The van der Waals surface area contributed by atoms with E-state index in [2.05, 4.69) is 15.4 Å². The van der Waals surface area contributed by atoms with Crippen molar-refractivity contribution in [2.24, 2.45) is 0 Å². The number of carbonyl (C=O) groups is 1. The Morgan fingerprint density at radius 2 is 1.92 bits per heavy atom. The minimum absolute atomic E-state index is 0.284. The van der Waals surface area contributed by atoms with E-state index in [1.54, 1.807) is 19.4 Å². The molecular weight excluding hydrogens is 347 g/mol. The number of amides is 1. The summed E-state index contributed by atoms with van der Waals surface area (Å²) in [6.45, 7) is 1.52. The molecule has 0 aliphatic carbocycles. The Labute approximate surface area is 147 Å². The fourth-order valence-corrected chi connectivity index (χ4v) is 2.47. The van der Waals surface area contributed by atoms with Crippen molar-refractivity contribution >= 4 is 5.91 Å². The highest BCUT2D eigenvalue weighted by Crippen LogP contribution is 2.27. The standard InChI is InChI=1S/C17H16F3N5O/c1-12(13-2-4-14(5-3-13)24-9-7-21-11-24)22-16(26)10-25-8-6-15(23-25)17(18,19)20/h2-9,11-12H,10H2,1H3,(H,22,26). The number of halogens is 3. The Bertz CT molecular complexity index is 869. The summed E-state index contributed by atoms with van der Waals surface area (Å²) in [5.74, 6) is -0.423. The number of imidazole rings is 1. The molecule has 0 saturated heterocycles. The number of hydrogen-bond donors (Lipinski definition) is 1. The van der Waals surface area contributed by atoms with Crippen LogP contribution in [0, 0.1) is 0 Å². The molecule has 9 heteroatoms. The van der Waals surface area contributed by atoms with E-state index in [4.69, 9.17) is 0 Å². The van der Waals surface area contributed by atoms with Crippen LogP contribution in [0.15, 0.2) is 55.2 Å². The van der Waals surface area contributed by atoms with Crippen molar-refractivity contribution in [2.45, 2.75) is 25.7 Å². The Morgan fingerprint density at radius 3 is 2.50 bits per heavy atom. The van der Waals surface area contributed by atoms with Crippen LogP contribution in [0.3, 0.4) is 0 Å². The maximum Gasteiger partial charge on any atom is 0.435 e. The Balaban J connectivity index is 1.59. The molecule has 2 aromatic heterocycles. The fraction of sp³-hybridized carbons (Fsp3) is 0.235. The first kappa shape index (κ1) is 17.7. The zero-order chi connectivity index (χ0) is 18.7. The summed E-state index contributed by atoms with van der Waals surface area (Å²) in [7, 11) is 0. The van der Waals surface area contributed by atoms with Gasteiger partial charge in [0.05, 0.1) is 12.4 Å². The van der Waals surface area contributed by atoms with Crippen LogP contribution in [-0.2, 0) is 17.5 Å². The maximum absolute atomic E-state index is 12.5. The van der Waals surface area contributed by atoms with Crippen LogP contribution in [0.4, 0.5) is 13.2 Å². The highest BCUT2D eigenvalue weighted by atomic mass is 19.4. The molecule has 0 spiro atoms. The summed E-state index contributed by atoms with van der Waals surface area (Å²) in [4.78, 5) is 16.0. The predicted molar refractivity (Wildman–Crippen MR) is 87.4 cm³/mol. The van der Waals surface area contributed by atoms with Crippen LogP contribution < -0.4 is 5.32 Å². The second-order valence-corrected chi connectivity index (χ2v) is 5.75. The second-order valence-electron chi connectivity index (χ2n) is 5.75. The van der Waals surface area contributed by atoms with Crippen molar-refractivity contribution in [2.75, 3.05) is 0 Å². The van der Waals surface area contributed by atoms with Gasteiger partial charge in [0.25, 0.3) is 0 Å². The normalized spacial score (nSPS) is 12.8. The van der Waals surface area contributed by atoms with E-state index < -0.39 is 17.8 Å². The Kier molecular flexibility index (Phi) is 4.79. The van der Waals surface area contributed by atoms with Gasteiger partial charge in [-0.05, 0) is 30.7 Å². The predicted octanol–water partition coefficient (Wildman–Crippen LogP) is 2.97. The summed E-state index contributed by atoms with van der Waals surface area (Å²) in [5.41, 5.74) is 0.785. The average molecular weight is 363 g/mol. The van der Waals surface area contributed by atoms with E-state index in [9.17, 15) is 18.0 Å². The van der Waals surface area contributed by atoms with Gasteiger partial charge in [-0.1, -0.05) is 12.1 Å². The molecule has 26 heavy (non-hydrogen) atoms. The third-order valence-electron chi connectivity index (χ3n) is 3.81. The second kappa shape index (κ2) is 7.03. The van der Waals surface area contributed by atoms with Crippen molar-refractivity contribution in [1.82, 2.24) is 24.6 Å². The molecule has 1 amide bonds. The lowest BCUT2D eigenvalue weighted by Crippen LogP contribution is -2.30. The highest BCUT2D eigenvalue weighted by molar-refractivity contribution is 5.76. The largest absolute Gasteiger partial charge is 0.435 e. The van der Waals surface area contributed by atoms with Crippen LogP contribution in [0.25, 0.3) is 5.69 Å². The molecule has 0 aliphatic heterocycles. The van der Waals surface area contributed by atoms with Gasteiger partial charge in [0.2, 0.25) is 5.91 Å². The number of aromatic nitrogens is 4. The third kappa shape index (κ3) is 4.11. The Hall–Kier alpha value is -3.10. The van der Waals surface area contributed by atoms with Crippen LogP contribution in [0.5, 0.6) is 0 Å². The lowest BCUT2D eigenvalue weighted by molar-refractivity contribution is -0.141. The van der Waals surface area contributed by atoms with E-state index in [0.717, 1.165) is 28.2 Å². The lowest BCUT2D eigenvalue weighted by Gasteiger charge is -2.15. The van der Waals surface area contributed by atoms with Crippen molar-refractivity contribution < 1.29 is 18.0 Å². The molecule has 2 heterocycles. The van der Waals surface area contributed by atoms with Gasteiger partial charge in [0, 0.05) is 24.3 Å². The number of rotatable bonds is 5. The first-order chi connectivity index (χ1) is 12.3. The summed E-state index contributed by atoms with van der Waals surface area (Å²) < 4.78 is 40.4. The van der Waals surface area contributed by atoms with Crippen molar-refractivity contribution in [1.29, 1.82) is 0 Å². The summed E-state index contributed by atoms with van der Waals surface area (Å²) in [5, 5.41) is 6.11. The van der Waals surface area contributed by atoms with Gasteiger partial charge in [-0.25, -0.2) is 4.98 Å². The molecule has 3 rings (SSSR count). The summed E-state index contributed by atoms with van der Waals surface area (Å²) in [6, 6.07) is 8.07.